The Morgan fingerprint density at radius 2 is 1.86 bits per heavy atom. The second-order valence-corrected chi connectivity index (χ2v) is 11.7. The van der Waals surface area contributed by atoms with Gasteiger partial charge in [-0.05, 0) is 54.8 Å². The second-order valence-electron chi connectivity index (χ2n) is 10.6. The third-order valence-electron chi connectivity index (χ3n) is 7.76. The van der Waals surface area contributed by atoms with Crippen LogP contribution in [-0.4, -0.2) is 59.9 Å². The highest BCUT2D eigenvalue weighted by atomic mass is 32.2. The number of ether oxygens (including phenoxy) is 3. The molecule has 4 aromatic rings. The number of hydrogen-bond acceptors (Lipinski definition) is 7. The molecule has 0 bridgehead atoms. The molecule has 2 unspecified atom stereocenters. The van der Waals surface area contributed by atoms with E-state index >= 15 is 0 Å². The van der Waals surface area contributed by atoms with Gasteiger partial charge in [-0.2, -0.15) is 5.10 Å². The van der Waals surface area contributed by atoms with Crippen LogP contribution < -0.4 is 19.7 Å². The molecule has 0 radical (unpaired) electrons. The van der Waals surface area contributed by atoms with Crippen molar-refractivity contribution in [1.82, 2.24) is 15.1 Å². The summed E-state index contributed by atoms with van der Waals surface area (Å²) < 4.78 is 32.5. The molecule has 0 saturated carbocycles. The van der Waals surface area contributed by atoms with E-state index in [1.165, 1.54) is 28.8 Å². The molecule has 1 fully saturated rings. The molecule has 3 aliphatic heterocycles. The van der Waals surface area contributed by atoms with Gasteiger partial charge >= 0.3 is 0 Å². The molecule has 2 amide bonds. The monoisotopic (exact) mass is 600 g/mol. The molecule has 2 atom stereocenters. The highest BCUT2D eigenvalue weighted by Crippen LogP contribution is 2.50. The maximum Gasteiger partial charge on any atom is 0.240 e. The molecule has 1 saturated heterocycles. The Morgan fingerprint density at radius 1 is 1.05 bits per heavy atom. The summed E-state index contributed by atoms with van der Waals surface area (Å²) in [5, 5.41) is 7.64. The van der Waals surface area contributed by atoms with Crippen molar-refractivity contribution in [3.05, 3.63) is 89.7 Å². The quantitative estimate of drug-likeness (QED) is 0.324. The first-order chi connectivity index (χ1) is 21.0. The van der Waals surface area contributed by atoms with Crippen molar-refractivity contribution in [2.75, 3.05) is 37.1 Å². The number of hydrogen-bond donors (Lipinski definition) is 1. The van der Waals surface area contributed by atoms with Crippen LogP contribution in [0.4, 0.5) is 10.2 Å². The van der Waals surface area contributed by atoms with Crippen LogP contribution in [0.15, 0.2) is 72.8 Å². The van der Waals surface area contributed by atoms with E-state index in [2.05, 4.69) is 5.32 Å². The van der Waals surface area contributed by atoms with Gasteiger partial charge in [-0.25, -0.2) is 9.07 Å². The number of aromatic nitrogens is 2. The molecule has 1 aromatic heterocycles. The summed E-state index contributed by atoms with van der Waals surface area (Å²) in [4.78, 5) is 28.7. The van der Waals surface area contributed by atoms with E-state index < -0.39 is 0 Å². The number of carbonyl (C=O) groups is 2. The van der Waals surface area contributed by atoms with Crippen molar-refractivity contribution in [1.29, 1.82) is 0 Å². The Balaban J connectivity index is 1.38. The lowest BCUT2D eigenvalue weighted by molar-refractivity contribution is -0.123. The average Bonchev–Trinajstić information content (AvgIpc) is 3.79. The topological polar surface area (TPSA) is 94.9 Å². The third-order valence-corrected chi connectivity index (χ3v) is 9.01. The van der Waals surface area contributed by atoms with Gasteiger partial charge < -0.3 is 19.5 Å². The molecule has 0 spiro atoms. The van der Waals surface area contributed by atoms with Gasteiger partial charge in [0, 0.05) is 24.3 Å². The lowest BCUT2D eigenvalue weighted by atomic mass is 9.99. The molecule has 9 nitrogen and oxygen atoms in total. The van der Waals surface area contributed by atoms with Crippen LogP contribution in [0.5, 0.6) is 11.5 Å². The van der Waals surface area contributed by atoms with Crippen molar-refractivity contribution in [2.45, 2.75) is 24.2 Å². The summed E-state index contributed by atoms with van der Waals surface area (Å²) in [5.74, 6) is 0.973. The number of anilines is 1. The van der Waals surface area contributed by atoms with Crippen LogP contribution in [0.25, 0.3) is 16.9 Å². The maximum absolute atomic E-state index is 14.0. The summed E-state index contributed by atoms with van der Waals surface area (Å²) in [6.45, 7) is 1.02. The van der Waals surface area contributed by atoms with Gasteiger partial charge in [0.05, 0.1) is 28.5 Å². The minimum Gasteiger partial charge on any atom is -0.454 e. The normalized spacial score (nSPS) is 19.3. The molecule has 7 rings (SSSR count). The molecule has 220 valence electrons. The Kier molecular flexibility index (Phi) is 7.50. The number of amides is 2. The van der Waals surface area contributed by atoms with Crippen LogP contribution >= 0.6 is 11.8 Å². The minimum absolute atomic E-state index is 0.0280. The van der Waals surface area contributed by atoms with E-state index in [9.17, 15) is 14.0 Å². The molecule has 1 N–H and O–H groups in total. The van der Waals surface area contributed by atoms with Crippen LogP contribution in [0.3, 0.4) is 0 Å². The summed E-state index contributed by atoms with van der Waals surface area (Å²) >= 11 is 1.47. The predicted octanol–water partition coefficient (Wildman–Crippen LogP) is 4.87. The zero-order valence-electron chi connectivity index (χ0n) is 23.2. The molecule has 4 heterocycles. The fourth-order valence-electron chi connectivity index (χ4n) is 5.66. The summed E-state index contributed by atoms with van der Waals surface area (Å²) in [5.41, 5.74) is 3.76. The van der Waals surface area contributed by atoms with E-state index in [0.717, 1.165) is 29.5 Å². The van der Waals surface area contributed by atoms with Gasteiger partial charge in [0.25, 0.3) is 0 Å². The van der Waals surface area contributed by atoms with Crippen molar-refractivity contribution in [2.24, 2.45) is 0 Å². The first-order valence-corrected chi connectivity index (χ1v) is 15.2. The lowest BCUT2D eigenvalue weighted by Crippen LogP contribution is -2.44. The summed E-state index contributed by atoms with van der Waals surface area (Å²) in [7, 11) is 0. The number of nitrogens with one attached hydrogen (secondary N) is 1. The standard InChI is InChI=1S/C32H29FN4O5S/c33-22-9-11-23(12-10-22)37-32-29(30(35-37)20-5-2-1-3-6-20)31(21-8-13-25-26(15-21)42-19-41-25)43-18-28(39)36(32)17-27(38)34-16-24-7-4-14-40-24/h1-3,5-6,8-13,15,24,31H,4,7,14,16-19H2,(H,34,38). The Morgan fingerprint density at radius 3 is 2.65 bits per heavy atom. The Labute approximate surface area is 251 Å². The number of carbonyl (C=O) groups excluding carboxylic acids is 2. The molecular weight excluding hydrogens is 571 g/mol. The number of benzene rings is 3. The number of halogens is 1. The van der Waals surface area contributed by atoms with Crippen LogP contribution in [0, 0.1) is 5.82 Å². The second kappa shape index (κ2) is 11.7. The van der Waals surface area contributed by atoms with Gasteiger partial charge in [-0.1, -0.05) is 36.4 Å². The smallest absolute Gasteiger partial charge is 0.240 e. The van der Waals surface area contributed by atoms with Gasteiger partial charge in [0.2, 0.25) is 18.6 Å². The molecule has 3 aliphatic rings. The highest BCUT2D eigenvalue weighted by Gasteiger charge is 2.38. The number of rotatable bonds is 7. The SMILES string of the molecule is O=C(CN1C(=O)CSC(c2ccc3c(c2)OCO3)c2c(-c3ccccc3)nn(-c3ccc(F)cc3)c21)NCC1CCCO1. The number of thioether (sulfide) groups is 1. The number of fused-ring (bicyclic) bond motifs is 2. The lowest BCUT2D eigenvalue weighted by Gasteiger charge is -2.23. The van der Waals surface area contributed by atoms with Crippen LogP contribution in [-0.2, 0) is 14.3 Å². The fraction of sp³-hybridized carbons (Fsp3) is 0.281. The van der Waals surface area contributed by atoms with Gasteiger partial charge in [0.15, 0.2) is 11.5 Å². The molecule has 11 heteroatoms. The zero-order valence-corrected chi connectivity index (χ0v) is 24.0. The van der Waals surface area contributed by atoms with E-state index in [0.29, 0.717) is 41.8 Å². The van der Waals surface area contributed by atoms with E-state index in [4.69, 9.17) is 19.3 Å². The fourth-order valence-corrected chi connectivity index (χ4v) is 6.85. The zero-order chi connectivity index (χ0) is 29.3. The molecule has 0 aliphatic carbocycles. The Hall–Kier alpha value is -4.35. The largest absolute Gasteiger partial charge is 0.454 e. The van der Waals surface area contributed by atoms with Crippen LogP contribution in [0.1, 0.15) is 29.2 Å². The van der Waals surface area contributed by atoms with E-state index in [1.807, 2.05) is 48.5 Å². The Bertz CT molecular complexity index is 1660. The molecular formula is C32H29FN4O5S. The predicted molar refractivity (Wildman–Crippen MR) is 160 cm³/mol. The summed E-state index contributed by atoms with van der Waals surface area (Å²) in [6, 6.07) is 21.4. The van der Waals surface area contributed by atoms with Gasteiger partial charge in [0.1, 0.15) is 18.2 Å². The minimum atomic E-state index is -0.388. The van der Waals surface area contributed by atoms with Crippen molar-refractivity contribution in [3.63, 3.8) is 0 Å². The van der Waals surface area contributed by atoms with Crippen molar-refractivity contribution < 1.29 is 28.2 Å². The van der Waals surface area contributed by atoms with Gasteiger partial charge in [-0.15, -0.1) is 11.8 Å². The highest BCUT2D eigenvalue weighted by molar-refractivity contribution is 8.00. The van der Waals surface area contributed by atoms with Gasteiger partial charge in [-0.3, -0.25) is 14.5 Å². The van der Waals surface area contributed by atoms with Crippen molar-refractivity contribution >= 4 is 29.4 Å². The molecule has 3 aromatic carbocycles. The first kappa shape index (κ1) is 27.5. The first-order valence-electron chi connectivity index (χ1n) is 14.2. The number of nitrogens with zero attached hydrogens (tertiary/aromatic N) is 3. The maximum atomic E-state index is 14.0. The third kappa shape index (κ3) is 5.46. The van der Waals surface area contributed by atoms with Crippen molar-refractivity contribution in [3.8, 4) is 28.4 Å². The average molecular weight is 601 g/mol. The van der Waals surface area contributed by atoms with Crippen LogP contribution in [0.2, 0.25) is 0 Å². The summed E-state index contributed by atoms with van der Waals surface area (Å²) in [6.07, 6.45) is 1.82. The molecule has 43 heavy (non-hydrogen) atoms. The van der Waals surface area contributed by atoms with E-state index in [1.54, 1.807) is 16.8 Å². The van der Waals surface area contributed by atoms with E-state index in [-0.39, 0.29) is 48.1 Å².